The largest absolute Gasteiger partial charge is 0.488 e. The summed E-state index contributed by atoms with van der Waals surface area (Å²) in [7, 11) is 0. The topological polar surface area (TPSA) is 47.0 Å². The first-order valence-corrected chi connectivity index (χ1v) is 9.37. The van der Waals surface area contributed by atoms with Gasteiger partial charge in [-0.3, -0.25) is 0 Å². The van der Waals surface area contributed by atoms with Crippen LogP contribution in [-0.2, 0) is 0 Å². The van der Waals surface area contributed by atoms with Crippen LogP contribution in [0, 0.1) is 19.7 Å². The van der Waals surface area contributed by atoms with Crippen LogP contribution < -0.4 is 10.1 Å². The van der Waals surface area contributed by atoms with E-state index >= 15 is 0 Å². The van der Waals surface area contributed by atoms with Gasteiger partial charge in [-0.1, -0.05) is 0 Å². The van der Waals surface area contributed by atoms with Gasteiger partial charge in [-0.2, -0.15) is 0 Å². The SMILES string of the molecule is Cc1sc2ncnc(Nc3ccc(F)cc3OC3CCCC3)c2c1C. The molecule has 0 radical (unpaired) electrons. The van der Waals surface area contributed by atoms with Gasteiger partial charge < -0.3 is 10.1 Å². The Morgan fingerprint density at radius 3 is 2.80 bits per heavy atom. The highest BCUT2D eigenvalue weighted by atomic mass is 32.1. The van der Waals surface area contributed by atoms with Crippen molar-refractivity contribution in [3.63, 3.8) is 0 Å². The summed E-state index contributed by atoms with van der Waals surface area (Å²) in [4.78, 5) is 10.9. The lowest BCUT2D eigenvalue weighted by Crippen LogP contribution is -2.12. The van der Waals surface area contributed by atoms with Crippen LogP contribution in [-0.4, -0.2) is 16.1 Å². The molecule has 0 amide bonds. The summed E-state index contributed by atoms with van der Waals surface area (Å²) >= 11 is 1.65. The summed E-state index contributed by atoms with van der Waals surface area (Å²) in [5.41, 5.74) is 1.90. The van der Waals surface area contributed by atoms with Crippen LogP contribution in [0.25, 0.3) is 10.2 Å². The van der Waals surface area contributed by atoms with Crippen LogP contribution in [0.4, 0.5) is 15.9 Å². The van der Waals surface area contributed by atoms with Gasteiger partial charge in [0.2, 0.25) is 0 Å². The standard InChI is InChI=1S/C19H20FN3OS/c1-11-12(2)25-19-17(11)18(21-10-22-19)23-15-8-7-13(20)9-16(15)24-14-5-3-4-6-14/h7-10,14H,3-6H2,1-2H3,(H,21,22,23). The van der Waals surface area contributed by atoms with Crippen molar-refractivity contribution in [2.24, 2.45) is 0 Å². The number of nitrogens with one attached hydrogen (secondary N) is 1. The maximum Gasteiger partial charge on any atom is 0.146 e. The minimum Gasteiger partial charge on any atom is -0.488 e. The number of anilines is 2. The number of hydrogen-bond donors (Lipinski definition) is 1. The molecular weight excluding hydrogens is 337 g/mol. The monoisotopic (exact) mass is 357 g/mol. The lowest BCUT2D eigenvalue weighted by Gasteiger charge is -2.17. The molecule has 1 aliphatic rings. The zero-order chi connectivity index (χ0) is 17.4. The van der Waals surface area contributed by atoms with Gasteiger partial charge in [-0.05, 0) is 57.2 Å². The number of thiophene rings is 1. The molecule has 1 N–H and O–H groups in total. The number of rotatable bonds is 4. The van der Waals surface area contributed by atoms with Gasteiger partial charge in [0.05, 0.1) is 17.2 Å². The minimum atomic E-state index is -0.297. The molecule has 4 nitrogen and oxygen atoms in total. The van der Waals surface area contributed by atoms with E-state index in [0.29, 0.717) is 5.75 Å². The summed E-state index contributed by atoms with van der Waals surface area (Å²) in [6.07, 6.45) is 6.11. The fourth-order valence-electron chi connectivity index (χ4n) is 3.29. The number of fused-ring (bicyclic) bond motifs is 1. The number of hydrogen-bond acceptors (Lipinski definition) is 5. The van der Waals surface area contributed by atoms with E-state index in [2.05, 4.69) is 29.1 Å². The first-order chi connectivity index (χ1) is 12.1. The Balaban J connectivity index is 1.71. The number of halogens is 1. The zero-order valence-corrected chi connectivity index (χ0v) is 15.1. The minimum absolute atomic E-state index is 0.165. The fraction of sp³-hybridized carbons (Fsp3) is 0.368. The molecule has 130 valence electrons. The lowest BCUT2D eigenvalue weighted by atomic mass is 10.2. The molecule has 0 aliphatic heterocycles. The van der Waals surface area contributed by atoms with E-state index in [1.54, 1.807) is 23.7 Å². The predicted octanol–water partition coefficient (Wildman–Crippen LogP) is 5.51. The van der Waals surface area contributed by atoms with Crippen molar-refractivity contribution in [2.75, 3.05) is 5.32 Å². The average molecular weight is 357 g/mol. The lowest BCUT2D eigenvalue weighted by molar-refractivity contribution is 0.210. The second-order valence-electron chi connectivity index (χ2n) is 6.48. The molecule has 25 heavy (non-hydrogen) atoms. The smallest absolute Gasteiger partial charge is 0.146 e. The van der Waals surface area contributed by atoms with Crippen molar-refractivity contribution in [3.8, 4) is 5.75 Å². The average Bonchev–Trinajstić information content (AvgIpc) is 3.19. The number of aromatic nitrogens is 2. The number of ether oxygens (including phenoxy) is 1. The first kappa shape index (κ1) is 16.3. The van der Waals surface area contributed by atoms with Crippen molar-refractivity contribution < 1.29 is 9.13 Å². The maximum absolute atomic E-state index is 13.7. The van der Waals surface area contributed by atoms with Gasteiger partial charge in [0, 0.05) is 10.9 Å². The van der Waals surface area contributed by atoms with E-state index in [9.17, 15) is 4.39 Å². The van der Waals surface area contributed by atoms with Crippen molar-refractivity contribution in [3.05, 3.63) is 40.8 Å². The summed E-state index contributed by atoms with van der Waals surface area (Å²) in [5.74, 6) is 0.979. The summed E-state index contributed by atoms with van der Waals surface area (Å²) < 4.78 is 19.8. The van der Waals surface area contributed by atoms with Gasteiger partial charge in [0.25, 0.3) is 0 Å². The Morgan fingerprint density at radius 1 is 1.20 bits per heavy atom. The van der Waals surface area contributed by atoms with Crippen LogP contribution in [0.2, 0.25) is 0 Å². The molecule has 1 aliphatic carbocycles. The highest BCUT2D eigenvalue weighted by Gasteiger charge is 2.19. The van der Waals surface area contributed by atoms with Gasteiger partial charge in [0.15, 0.2) is 0 Å². The fourth-order valence-corrected chi connectivity index (χ4v) is 4.28. The summed E-state index contributed by atoms with van der Waals surface area (Å²) in [6, 6.07) is 4.60. The molecular formula is C19H20FN3OS. The Hall–Kier alpha value is -2.21. The van der Waals surface area contributed by atoms with E-state index in [0.717, 1.165) is 34.6 Å². The molecule has 3 aromatic rings. The molecule has 0 spiro atoms. The molecule has 4 rings (SSSR count). The predicted molar refractivity (Wildman–Crippen MR) is 99.5 cm³/mol. The Morgan fingerprint density at radius 2 is 2.00 bits per heavy atom. The number of aryl methyl sites for hydroxylation is 2. The Labute approximate surface area is 150 Å². The van der Waals surface area contributed by atoms with Gasteiger partial charge in [-0.25, -0.2) is 14.4 Å². The molecule has 1 aromatic carbocycles. The highest BCUT2D eigenvalue weighted by molar-refractivity contribution is 7.18. The van der Waals surface area contributed by atoms with E-state index in [1.165, 1.54) is 35.4 Å². The van der Waals surface area contributed by atoms with Crippen molar-refractivity contribution in [2.45, 2.75) is 45.6 Å². The van der Waals surface area contributed by atoms with Crippen LogP contribution in [0.1, 0.15) is 36.1 Å². The van der Waals surface area contributed by atoms with Crippen LogP contribution >= 0.6 is 11.3 Å². The zero-order valence-electron chi connectivity index (χ0n) is 14.3. The third-order valence-electron chi connectivity index (χ3n) is 4.76. The van der Waals surface area contributed by atoms with Crippen LogP contribution in [0.15, 0.2) is 24.5 Å². The molecule has 1 fully saturated rings. The maximum atomic E-state index is 13.7. The van der Waals surface area contributed by atoms with Gasteiger partial charge in [0.1, 0.15) is 28.5 Å². The van der Waals surface area contributed by atoms with E-state index in [1.807, 2.05) is 0 Å². The molecule has 2 aromatic heterocycles. The number of nitrogens with zero attached hydrogens (tertiary/aromatic N) is 2. The van der Waals surface area contributed by atoms with Crippen molar-refractivity contribution in [1.29, 1.82) is 0 Å². The second-order valence-corrected chi connectivity index (χ2v) is 7.68. The van der Waals surface area contributed by atoms with E-state index in [4.69, 9.17) is 4.74 Å². The third kappa shape index (κ3) is 3.18. The number of benzene rings is 1. The van der Waals surface area contributed by atoms with Gasteiger partial charge >= 0.3 is 0 Å². The molecule has 0 unspecified atom stereocenters. The van der Waals surface area contributed by atoms with Crippen molar-refractivity contribution in [1.82, 2.24) is 9.97 Å². The summed E-state index contributed by atoms with van der Waals surface area (Å²) in [6.45, 7) is 4.15. The van der Waals surface area contributed by atoms with Gasteiger partial charge in [-0.15, -0.1) is 11.3 Å². The quantitative estimate of drug-likeness (QED) is 0.668. The Bertz CT molecular complexity index is 918. The van der Waals surface area contributed by atoms with E-state index in [-0.39, 0.29) is 11.9 Å². The van der Waals surface area contributed by atoms with Crippen LogP contribution in [0.3, 0.4) is 0 Å². The Kier molecular flexibility index (Phi) is 4.29. The normalized spacial score (nSPS) is 15.0. The molecule has 1 saturated carbocycles. The first-order valence-electron chi connectivity index (χ1n) is 8.56. The molecule has 0 atom stereocenters. The van der Waals surface area contributed by atoms with Crippen LogP contribution in [0.5, 0.6) is 5.75 Å². The third-order valence-corrected chi connectivity index (χ3v) is 5.87. The molecule has 0 saturated heterocycles. The van der Waals surface area contributed by atoms with E-state index < -0.39 is 0 Å². The molecule has 0 bridgehead atoms. The molecule has 2 heterocycles. The highest BCUT2D eigenvalue weighted by Crippen LogP contribution is 2.37. The summed E-state index contributed by atoms with van der Waals surface area (Å²) in [5, 5.41) is 4.35. The second kappa shape index (κ2) is 6.59. The van der Waals surface area contributed by atoms with Crippen molar-refractivity contribution >= 4 is 33.1 Å². The molecule has 6 heteroatoms.